The van der Waals surface area contributed by atoms with Gasteiger partial charge in [0.25, 0.3) is 0 Å². The summed E-state index contributed by atoms with van der Waals surface area (Å²) >= 11 is 5.97. The summed E-state index contributed by atoms with van der Waals surface area (Å²) in [5, 5.41) is 0.627. The van der Waals surface area contributed by atoms with Crippen LogP contribution in [0.15, 0.2) is 24.3 Å². The van der Waals surface area contributed by atoms with Crippen LogP contribution in [0.1, 0.15) is 31.7 Å². The van der Waals surface area contributed by atoms with E-state index in [-0.39, 0.29) is 12.6 Å². The Morgan fingerprint density at radius 3 is 2.78 bits per heavy atom. The molecule has 2 N–H and O–H groups in total. The lowest BCUT2D eigenvalue weighted by Crippen LogP contribution is -2.10. The first-order valence-electron chi connectivity index (χ1n) is 6.22. The molecule has 0 fully saturated rings. The summed E-state index contributed by atoms with van der Waals surface area (Å²) in [4.78, 5) is 11.5. The predicted octanol–water partition coefficient (Wildman–Crippen LogP) is 3.15. The Kier molecular flexibility index (Phi) is 6.76. The lowest BCUT2D eigenvalue weighted by molar-refractivity contribution is -0.145. The monoisotopic (exact) mass is 269 g/mol. The second kappa shape index (κ2) is 8.11. The zero-order chi connectivity index (χ0) is 13.4. The van der Waals surface area contributed by atoms with Crippen LogP contribution in [0.5, 0.6) is 0 Å². The molecule has 0 radical (unpaired) electrons. The van der Waals surface area contributed by atoms with E-state index in [2.05, 4.69) is 6.92 Å². The van der Waals surface area contributed by atoms with Gasteiger partial charge in [-0.3, -0.25) is 4.79 Å². The van der Waals surface area contributed by atoms with E-state index in [9.17, 15) is 4.79 Å². The molecule has 3 nitrogen and oxygen atoms in total. The van der Waals surface area contributed by atoms with Gasteiger partial charge < -0.3 is 10.5 Å². The molecule has 1 aromatic rings. The van der Waals surface area contributed by atoms with Gasteiger partial charge in [0, 0.05) is 17.0 Å². The summed E-state index contributed by atoms with van der Waals surface area (Å²) < 4.78 is 5.18. The van der Waals surface area contributed by atoms with E-state index in [0.717, 1.165) is 18.4 Å². The average Bonchev–Trinajstić information content (AvgIpc) is 2.36. The SMILES string of the molecule is CC(CCN)CCC(=O)OCc1ccccc1Cl. The molecule has 1 atom stereocenters. The van der Waals surface area contributed by atoms with E-state index >= 15 is 0 Å². The van der Waals surface area contributed by atoms with E-state index in [1.54, 1.807) is 6.07 Å². The second-order valence-electron chi connectivity index (χ2n) is 4.47. The number of rotatable bonds is 7. The first-order chi connectivity index (χ1) is 8.63. The zero-order valence-corrected chi connectivity index (χ0v) is 11.5. The molecule has 1 rings (SSSR count). The zero-order valence-electron chi connectivity index (χ0n) is 10.7. The van der Waals surface area contributed by atoms with Crippen LogP contribution >= 0.6 is 11.6 Å². The molecular formula is C14H20ClNO2. The van der Waals surface area contributed by atoms with Crippen LogP contribution in [-0.4, -0.2) is 12.5 Å². The first-order valence-corrected chi connectivity index (χ1v) is 6.60. The molecule has 0 saturated heterocycles. The van der Waals surface area contributed by atoms with Crippen molar-refractivity contribution in [2.75, 3.05) is 6.54 Å². The average molecular weight is 270 g/mol. The number of benzene rings is 1. The van der Waals surface area contributed by atoms with Crippen molar-refractivity contribution in [3.05, 3.63) is 34.9 Å². The number of carbonyl (C=O) groups excluding carboxylic acids is 1. The molecule has 18 heavy (non-hydrogen) atoms. The number of hydrogen-bond donors (Lipinski definition) is 1. The van der Waals surface area contributed by atoms with Gasteiger partial charge in [-0.2, -0.15) is 0 Å². The molecule has 0 amide bonds. The maximum absolute atomic E-state index is 11.5. The summed E-state index contributed by atoms with van der Waals surface area (Å²) in [7, 11) is 0. The maximum atomic E-state index is 11.5. The van der Waals surface area contributed by atoms with E-state index in [4.69, 9.17) is 22.1 Å². The minimum Gasteiger partial charge on any atom is -0.461 e. The minimum absolute atomic E-state index is 0.182. The van der Waals surface area contributed by atoms with Crippen molar-refractivity contribution in [3.8, 4) is 0 Å². The van der Waals surface area contributed by atoms with Crippen LogP contribution in [0, 0.1) is 5.92 Å². The molecule has 4 heteroatoms. The molecule has 0 aliphatic heterocycles. The quantitative estimate of drug-likeness (QED) is 0.774. The fourth-order valence-electron chi connectivity index (χ4n) is 1.64. The van der Waals surface area contributed by atoms with Gasteiger partial charge in [0.1, 0.15) is 6.61 Å². The maximum Gasteiger partial charge on any atom is 0.306 e. The van der Waals surface area contributed by atoms with E-state index in [1.165, 1.54) is 0 Å². The summed E-state index contributed by atoms with van der Waals surface area (Å²) in [5.74, 6) is 0.279. The summed E-state index contributed by atoms with van der Waals surface area (Å²) in [6, 6.07) is 7.36. The third-order valence-corrected chi connectivity index (χ3v) is 3.22. The van der Waals surface area contributed by atoms with Gasteiger partial charge in [-0.05, 0) is 31.4 Å². The van der Waals surface area contributed by atoms with Gasteiger partial charge in [0.05, 0.1) is 0 Å². The van der Waals surface area contributed by atoms with Gasteiger partial charge in [0.2, 0.25) is 0 Å². The molecule has 0 saturated carbocycles. The van der Waals surface area contributed by atoms with Gasteiger partial charge in [-0.15, -0.1) is 0 Å². The van der Waals surface area contributed by atoms with Crippen LogP contribution < -0.4 is 5.73 Å². The lowest BCUT2D eigenvalue weighted by Gasteiger charge is -2.10. The Balaban J connectivity index is 2.27. The molecule has 1 aromatic carbocycles. The van der Waals surface area contributed by atoms with Crippen LogP contribution in [0.25, 0.3) is 0 Å². The molecule has 1 unspecified atom stereocenters. The Morgan fingerprint density at radius 1 is 1.39 bits per heavy atom. The topological polar surface area (TPSA) is 52.3 Å². The number of ether oxygens (including phenoxy) is 1. The van der Waals surface area contributed by atoms with Gasteiger partial charge >= 0.3 is 5.97 Å². The summed E-state index contributed by atoms with van der Waals surface area (Å²) in [5.41, 5.74) is 6.29. The third-order valence-electron chi connectivity index (χ3n) is 2.85. The minimum atomic E-state index is -0.182. The number of esters is 1. The molecular weight excluding hydrogens is 250 g/mol. The van der Waals surface area contributed by atoms with Gasteiger partial charge in [0.15, 0.2) is 0 Å². The standard InChI is InChI=1S/C14H20ClNO2/c1-11(8-9-16)6-7-14(17)18-10-12-4-2-3-5-13(12)15/h2-5,11H,6-10,16H2,1H3. The van der Waals surface area contributed by atoms with Crippen molar-refractivity contribution in [2.45, 2.75) is 32.8 Å². The third kappa shape index (κ3) is 5.52. The number of hydrogen-bond acceptors (Lipinski definition) is 3. The summed E-state index contributed by atoms with van der Waals surface area (Å²) in [6.45, 7) is 2.99. The van der Waals surface area contributed by atoms with E-state index in [1.807, 2.05) is 18.2 Å². The van der Waals surface area contributed by atoms with E-state index < -0.39 is 0 Å². The Hall–Kier alpha value is -1.06. The molecule has 100 valence electrons. The largest absolute Gasteiger partial charge is 0.461 e. The molecule has 0 bridgehead atoms. The van der Waals surface area contributed by atoms with Crippen molar-refractivity contribution in [1.82, 2.24) is 0 Å². The second-order valence-corrected chi connectivity index (χ2v) is 4.88. The molecule has 0 spiro atoms. The number of carbonyl (C=O) groups is 1. The summed E-state index contributed by atoms with van der Waals surface area (Å²) in [6.07, 6.45) is 2.20. The van der Waals surface area contributed by atoms with Crippen molar-refractivity contribution < 1.29 is 9.53 Å². The highest BCUT2D eigenvalue weighted by Crippen LogP contribution is 2.16. The Morgan fingerprint density at radius 2 is 2.11 bits per heavy atom. The first kappa shape index (κ1) is 15.0. The molecule has 0 aromatic heterocycles. The number of halogens is 1. The van der Waals surface area contributed by atoms with Crippen molar-refractivity contribution in [1.29, 1.82) is 0 Å². The van der Waals surface area contributed by atoms with Crippen LogP contribution in [0.2, 0.25) is 5.02 Å². The van der Waals surface area contributed by atoms with E-state index in [0.29, 0.717) is 23.9 Å². The Bertz CT molecular complexity index is 382. The van der Waals surface area contributed by atoms with Crippen molar-refractivity contribution in [3.63, 3.8) is 0 Å². The highest BCUT2D eigenvalue weighted by Gasteiger charge is 2.08. The fraction of sp³-hybridized carbons (Fsp3) is 0.500. The molecule has 0 aliphatic rings. The van der Waals surface area contributed by atoms with Gasteiger partial charge in [-0.25, -0.2) is 0 Å². The van der Waals surface area contributed by atoms with Crippen LogP contribution in [-0.2, 0) is 16.1 Å². The van der Waals surface area contributed by atoms with Crippen molar-refractivity contribution >= 4 is 17.6 Å². The Labute approximate surface area is 113 Å². The van der Waals surface area contributed by atoms with Crippen molar-refractivity contribution in [2.24, 2.45) is 11.7 Å². The highest BCUT2D eigenvalue weighted by atomic mass is 35.5. The number of nitrogens with two attached hydrogens (primary N) is 1. The lowest BCUT2D eigenvalue weighted by atomic mass is 10.0. The molecule has 0 heterocycles. The van der Waals surface area contributed by atoms with Crippen LogP contribution in [0.4, 0.5) is 0 Å². The molecule has 0 aliphatic carbocycles. The smallest absolute Gasteiger partial charge is 0.306 e. The predicted molar refractivity (Wildman–Crippen MR) is 73.3 cm³/mol. The fourth-order valence-corrected chi connectivity index (χ4v) is 1.83. The van der Waals surface area contributed by atoms with Crippen LogP contribution in [0.3, 0.4) is 0 Å². The normalized spacial score (nSPS) is 12.2. The van der Waals surface area contributed by atoms with Gasteiger partial charge in [-0.1, -0.05) is 36.7 Å². The highest BCUT2D eigenvalue weighted by molar-refractivity contribution is 6.31.